The van der Waals surface area contributed by atoms with E-state index in [1.54, 1.807) is 12.4 Å². The molecule has 0 radical (unpaired) electrons. The van der Waals surface area contributed by atoms with Crippen molar-refractivity contribution in [2.45, 2.75) is 19.6 Å². The van der Waals surface area contributed by atoms with Gasteiger partial charge in [-0.25, -0.2) is 4.79 Å². The van der Waals surface area contributed by atoms with Crippen LogP contribution in [-0.2, 0) is 16.1 Å². The van der Waals surface area contributed by atoms with Crippen LogP contribution in [0.25, 0.3) is 0 Å². The second kappa shape index (κ2) is 5.20. The molecule has 1 saturated heterocycles. The van der Waals surface area contributed by atoms with Gasteiger partial charge in [-0.2, -0.15) is 0 Å². The molecule has 92 valence electrons. The fourth-order valence-electron chi connectivity index (χ4n) is 1.82. The fraction of sp³-hybridized carbons (Fsp3) is 0.545. The molecule has 1 aliphatic heterocycles. The summed E-state index contributed by atoms with van der Waals surface area (Å²) in [5.74, 6) is -0.912. The zero-order valence-corrected chi connectivity index (χ0v) is 9.67. The number of carboxylic acids is 1. The Bertz CT molecular complexity index is 411. The van der Waals surface area contributed by atoms with Crippen LogP contribution in [0, 0.1) is 6.92 Å². The Balaban J connectivity index is 1.97. The molecule has 2 rings (SSSR count). The van der Waals surface area contributed by atoms with Gasteiger partial charge in [0.2, 0.25) is 0 Å². The summed E-state index contributed by atoms with van der Waals surface area (Å²) < 4.78 is 5.15. The van der Waals surface area contributed by atoms with Crippen LogP contribution in [0.4, 0.5) is 0 Å². The summed E-state index contributed by atoms with van der Waals surface area (Å²) in [7, 11) is 0. The number of aryl methyl sites for hydroxylation is 1. The first kappa shape index (κ1) is 11.9. The second-order valence-corrected chi connectivity index (χ2v) is 4.08. The third-order valence-corrected chi connectivity index (χ3v) is 2.62. The Kier molecular flexibility index (Phi) is 3.65. The highest BCUT2D eigenvalue weighted by Crippen LogP contribution is 2.09. The number of rotatable bonds is 3. The summed E-state index contributed by atoms with van der Waals surface area (Å²) in [4.78, 5) is 21.3. The molecule has 1 aliphatic rings. The molecule has 0 aliphatic carbocycles. The van der Waals surface area contributed by atoms with Gasteiger partial charge in [-0.1, -0.05) is 0 Å². The van der Waals surface area contributed by atoms with Crippen molar-refractivity contribution in [3.8, 4) is 0 Å². The zero-order valence-electron chi connectivity index (χ0n) is 9.67. The molecule has 0 amide bonds. The van der Waals surface area contributed by atoms with Gasteiger partial charge in [0.15, 0.2) is 6.10 Å². The van der Waals surface area contributed by atoms with E-state index in [1.807, 2.05) is 11.8 Å². The predicted molar refractivity (Wildman–Crippen MR) is 59.4 cm³/mol. The van der Waals surface area contributed by atoms with Crippen molar-refractivity contribution >= 4 is 5.97 Å². The minimum atomic E-state index is -0.912. The van der Waals surface area contributed by atoms with Crippen LogP contribution in [0.5, 0.6) is 0 Å². The molecule has 6 nitrogen and oxygen atoms in total. The van der Waals surface area contributed by atoms with Crippen molar-refractivity contribution < 1.29 is 14.6 Å². The zero-order chi connectivity index (χ0) is 12.3. The monoisotopic (exact) mass is 237 g/mol. The molecule has 0 saturated carbocycles. The molecular formula is C11H15N3O3. The third kappa shape index (κ3) is 3.21. The highest BCUT2D eigenvalue weighted by molar-refractivity contribution is 5.72. The lowest BCUT2D eigenvalue weighted by molar-refractivity contribution is -0.156. The predicted octanol–water partition coefficient (Wildman–Crippen LogP) is 0.0704. The van der Waals surface area contributed by atoms with E-state index in [4.69, 9.17) is 9.84 Å². The fourth-order valence-corrected chi connectivity index (χ4v) is 1.82. The van der Waals surface area contributed by atoms with Crippen LogP contribution in [0.2, 0.25) is 0 Å². The topological polar surface area (TPSA) is 75.6 Å². The van der Waals surface area contributed by atoms with Gasteiger partial charge in [-0.3, -0.25) is 14.9 Å². The molecule has 1 atom stereocenters. The number of ether oxygens (including phenoxy) is 1. The maximum absolute atomic E-state index is 10.8. The molecular weight excluding hydrogens is 222 g/mol. The summed E-state index contributed by atoms with van der Waals surface area (Å²) in [6.45, 7) is 4.05. The SMILES string of the molecule is Cc1cncc(CN2CCOC(C(=O)O)C2)n1. The first-order chi connectivity index (χ1) is 8.15. The van der Waals surface area contributed by atoms with Gasteiger partial charge >= 0.3 is 5.97 Å². The maximum Gasteiger partial charge on any atom is 0.334 e. The first-order valence-corrected chi connectivity index (χ1v) is 5.49. The number of aliphatic carboxylic acids is 1. The summed E-state index contributed by atoms with van der Waals surface area (Å²) in [5, 5.41) is 8.89. The Morgan fingerprint density at radius 1 is 1.65 bits per heavy atom. The van der Waals surface area contributed by atoms with Gasteiger partial charge in [-0.05, 0) is 6.92 Å². The van der Waals surface area contributed by atoms with Crippen molar-refractivity contribution in [2.75, 3.05) is 19.7 Å². The normalized spacial score (nSPS) is 21.4. The Morgan fingerprint density at radius 3 is 3.18 bits per heavy atom. The standard InChI is InChI=1S/C11H15N3O3/c1-8-4-12-5-9(13-8)6-14-2-3-17-10(7-14)11(15)16/h4-5,10H,2-3,6-7H2,1H3,(H,15,16). The number of nitrogens with zero attached hydrogens (tertiary/aromatic N) is 3. The van der Waals surface area contributed by atoms with Crippen LogP contribution in [0.1, 0.15) is 11.4 Å². The lowest BCUT2D eigenvalue weighted by atomic mass is 10.2. The molecule has 17 heavy (non-hydrogen) atoms. The molecule has 0 bridgehead atoms. The van der Waals surface area contributed by atoms with Gasteiger partial charge in [0, 0.05) is 32.0 Å². The van der Waals surface area contributed by atoms with E-state index in [0.29, 0.717) is 19.7 Å². The van der Waals surface area contributed by atoms with Crippen molar-refractivity contribution in [2.24, 2.45) is 0 Å². The molecule has 1 unspecified atom stereocenters. The van der Waals surface area contributed by atoms with E-state index in [0.717, 1.165) is 17.9 Å². The smallest absolute Gasteiger partial charge is 0.334 e. The quantitative estimate of drug-likeness (QED) is 0.801. The second-order valence-electron chi connectivity index (χ2n) is 4.08. The molecule has 0 spiro atoms. The van der Waals surface area contributed by atoms with E-state index in [-0.39, 0.29) is 0 Å². The molecule has 1 fully saturated rings. The number of aromatic nitrogens is 2. The summed E-state index contributed by atoms with van der Waals surface area (Å²) in [6.07, 6.45) is 2.67. The maximum atomic E-state index is 10.8. The third-order valence-electron chi connectivity index (χ3n) is 2.62. The minimum Gasteiger partial charge on any atom is -0.479 e. The highest BCUT2D eigenvalue weighted by atomic mass is 16.5. The van der Waals surface area contributed by atoms with Gasteiger partial charge in [-0.15, -0.1) is 0 Å². The van der Waals surface area contributed by atoms with Crippen LogP contribution < -0.4 is 0 Å². The van der Waals surface area contributed by atoms with Gasteiger partial charge in [0.25, 0.3) is 0 Å². The van der Waals surface area contributed by atoms with Crippen LogP contribution in [0.3, 0.4) is 0 Å². The number of morpholine rings is 1. The number of hydrogen-bond acceptors (Lipinski definition) is 5. The molecule has 0 aromatic carbocycles. The Labute approximate surface area is 99.2 Å². The van der Waals surface area contributed by atoms with E-state index < -0.39 is 12.1 Å². The van der Waals surface area contributed by atoms with Crippen molar-refractivity contribution in [1.29, 1.82) is 0 Å². The lowest BCUT2D eigenvalue weighted by Crippen LogP contribution is -2.45. The van der Waals surface area contributed by atoms with Gasteiger partial charge in [0.05, 0.1) is 18.0 Å². The number of hydrogen-bond donors (Lipinski definition) is 1. The largest absolute Gasteiger partial charge is 0.479 e. The molecule has 1 aromatic rings. The molecule has 1 aromatic heterocycles. The Hall–Kier alpha value is -1.53. The van der Waals surface area contributed by atoms with Gasteiger partial charge < -0.3 is 9.84 Å². The summed E-state index contributed by atoms with van der Waals surface area (Å²) in [6, 6.07) is 0. The van der Waals surface area contributed by atoms with Crippen LogP contribution in [0.15, 0.2) is 12.4 Å². The van der Waals surface area contributed by atoms with Crippen molar-refractivity contribution in [1.82, 2.24) is 14.9 Å². The van der Waals surface area contributed by atoms with E-state index >= 15 is 0 Å². The number of carbonyl (C=O) groups is 1. The first-order valence-electron chi connectivity index (χ1n) is 5.49. The highest BCUT2D eigenvalue weighted by Gasteiger charge is 2.26. The summed E-state index contributed by atoms with van der Waals surface area (Å²) in [5.41, 5.74) is 1.72. The van der Waals surface area contributed by atoms with E-state index in [2.05, 4.69) is 9.97 Å². The molecule has 1 N–H and O–H groups in total. The van der Waals surface area contributed by atoms with Crippen LogP contribution >= 0.6 is 0 Å². The van der Waals surface area contributed by atoms with E-state index in [9.17, 15) is 4.79 Å². The van der Waals surface area contributed by atoms with Gasteiger partial charge in [0.1, 0.15) is 0 Å². The minimum absolute atomic E-state index is 0.394. The average molecular weight is 237 g/mol. The van der Waals surface area contributed by atoms with E-state index in [1.165, 1.54) is 0 Å². The van der Waals surface area contributed by atoms with Crippen molar-refractivity contribution in [3.63, 3.8) is 0 Å². The molecule has 6 heteroatoms. The lowest BCUT2D eigenvalue weighted by Gasteiger charge is -2.30. The average Bonchev–Trinajstić information content (AvgIpc) is 2.29. The van der Waals surface area contributed by atoms with Crippen LogP contribution in [-0.4, -0.2) is 51.7 Å². The Morgan fingerprint density at radius 2 is 2.47 bits per heavy atom. The molecule has 2 heterocycles. The summed E-state index contributed by atoms with van der Waals surface area (Å²) >= 11 is 0. The van der Waals surface area contributed by atoms with Crippen molar-refractivity contribution in [3.05, 3.63) is 23.8 Å². The number of carboxylic acid groups (broad SMARTS) is 1.